The largest absolute Gasteiger partial charge is 0.370 e. The molecule has 2 aromatic carbocycles. The van der Waals surface area contributed by atoms with Gasteiger partial charge in [-0.15, -0.1) is 0 Å². The molecule has 0 bridgehead atoms. The monoisotopic (exact) mass is 519 g/mol. The molecule has 196 valence electrons. The lowest BCUT2D eigenvalue weighted by molar-refractivity contribution is -0.183. The molecule has 1 saturated heterocycles. The van der Waals surface area contributed by atoms with Crippen LogP contribution in [-0.4, -0.2) is 42.2 Å². The maximum Gasteiger partial charge on any atom is 0.252 e. The lowest BCUT2D eigenvalue weighted by Crippen LogP contribution is -2.60. The number of benzene rings is 2. The van der Waals surface area contributed by atoms with E-state index >= 15 is 0 Å². The van der Waals surface area contributed by atoms with E-state index < -0.39 is 29.7 Å². The van der Waals surface area contributed by atoms with E-state index in [-0.39, 0.29) is 37.3 Å². The van der Waals surface area contributed by atoms with Gasteiger partial charge in [0.1, 0.15) is 11.9 Å². The summed E-state index contributed by atoms with van der Waals surface area (Å²) in [5.74, 6) is -1.13. The highest BCUT2D eigenvalue weighted by molar-refractivity contribution is 6.30. The molecule has 0 radical (unpaired) electrons. The first-order chi connectivity index (χ1) is 17.1. The Hall–Kier alpha value is -2.03. The minimum absolute atomic E-state index is 0.0440. The second-order valence-corrected chi connectivity index (χ2v) is 10.9. The Labute approximate surface area is 217 Å². The molecule has 0 spiro atoms. The third-order valence-corrected chi connectivity index (χ3v) is 6.78. The molecule has 1 aliphatic heterocycles. The maximum atomic E-state index is 14.3. The fraction of sp³-hybridized carbons (Fsp3) is 0.536. The molecule has 36 heavy (non-hydrogen) atoms. The van der Waals surface area contributed by atoms with Crippen LogP contribution < -0.4 is 5.32 Å². The molecule has 1 heterocycles. The van der Waals surface area contributed by atoms with E-state index in [0.717, 1.165) is 5.56 Å². The fourth-order valence-corrected chi connectivity index (χ4v) is 5.04. The Morgan fingerprint density at radius 1 is 1.14 bits per heavy atom. The highest BCUT2D eigenvalue weighted by Gasteiger charge is 2.58. The Balaban J connectivity index is 1.61. The summed E-state index contributed by atoms with van der Waals surface area (Å²) in [4.78, 5) is 13.7. The van der Waals surface area contributed by atoms with Crippen LogP contribution in [0.4, 0.5) is 4.39 Å². The smallest absolute Gasteiger partial charge is 0.252 e. The molecule has 1 N–H and O–H groups in total. The quantitative estimate of drug-likeness (QED) is 0.480. The molecular formula is C28H35ClFNO5. The number of hydrogen-bond donors (Lipinski definition) is 1. The number of halogens is 2. The van der Waals surface area contributed by atoms with Crippen molar-refractivity contribution < 1.29 is 28.1 Å². The first-order valence-corrected chi connectivity index (χ1v) is 12.8. The highest BCUT2D eigenvalue weighted by Crippen LogP contribution is 2.44. The average molecular weight is 520 g/mol. The summed E-state index contributed by atoms with van der Waals surface area (Å²) < 4.78 is 39.3. The molecule has 1 amide bonds. The molecule has 0 aromatic heterocycles. The lowest BCUT2D eigenvalue weighted by Gasteiger charge is -2.43. The Kier molecular flexibility index (Phi) is 8.37. The van der Waals surface area contributed by atoms with Crippen molar-refractivity contribution in [1.82, 2.24) is 5.32 Å². The van der Waals surface area contributed by atoms with Gasteiger partial charge < -0.3 is 24.3 Å². The van der Waals surface area contributed by atoms with Gasteiger partial charge >= 0.3 is 0 Å². The summed E-state index contributed by atoms with van der Waals surface area (Å²) >= 11 is 6.17. The van der Waals surface area contributed by atoms with Gasteiger partial charge in [-0.2, -0.15) is 0 Å². The number of hydrogen-bond acceptors (Lipinski definition) is 5. The van der Waals surface area contributed by atoms with Crippen LogP contribution in [0.2, 0.25) is 5.02 Å². The molecule has 8 heteroatoms. The molecule has 0 unspecified atom stereocenters. The van der Waals surface area contributed by atoms with Crippen molar-refractivity contribution in [2.45, 2.75) is 83.5 Å². The second kappa shape index (κ2) is 11.2. The summed E-state index contributed by atoms with van der Waals surface area (Å²) in [6, 6.07) is 13.8. The van der Waals surface area contributed by atoms with Crippen LogP contribution in [0.3, 0.4) is 0 Å². The summed E-state index contributed by atoms with van der Waals surface area (Å²) in [5.41, 5.74) is 0.0723. The van der Waals surface area contributed by atoms with E-state index in [1.165, 1.54) is 6.07 Å². The number of rotatable bonds is 9. The number of carbonyl (C=O) groups excluding carboxylic acids is 1. The van der Waals surface area contributed by atoms with Gasteiger partial charge in [-0.05, 0) is 43.5 Å². The number of nitrogens with one attached hydrogen (secondary N) is 1. The van der Waals surface area contributed by atoms with E-state index in [9.17, 15) is 9.18 Å². The Morgan fingerprint density at radius 3 is 2.64 bits per heavy atom. The maximum absolute atomic E-state index is 14.3. The summed E-state index contributed by atoms with van der Waals surface area (Å²) in [6.07, 6.45) is -0.831. The number of amides is 1. The zero-order valence-electron chi connectivity index (χ0n) is 21.3. The summed E-state index contributed by atoms with van der Waals surface area (Å²) in [7, 11) is 0. The van der Waals surface area contributed by atoms with Crippen LogP contribution in [0.25, 0.3) is 0 Å². The number of ether oxygens (including phenoxy) is 4. The predicted octanol–water partition coefficient (Wildman–Crippen LogP) is 5.41. The van der Waals surface area contributed by atoms with Crippen molar-refractivity contribution in [3.05, 3.63) is 70.5 Å². The fourth-order valence-electron chi connectivity index (χ4n) is 4.83. The lowest BCUT2D eigenvalue weighted by atomic mass is 9.78. The van der Waals surface area contributed by atoms with Gasteiger partial charge in [0.2, 0.25) is 0 Å². The van der Waals surface area contributed by atoms with Crippen molar-refractivity contribution >= 4 is 17.5 Å². The van der Waals surface area contributed by atoms with Crippen LogP contribution in [-0.2, 0) is 37.0 Å². The molecule has 1 saturated carbocycles. The van der Waals surface area contributed by atoms with Gasteiger partial charge in [-0.3, -0.25) is 4.79 Å². The molecule has 1 aliphatic carbocycles. The number of fused-ring (bicyclic) bond motifs is 1. The minimum atomic E-state index is -1.22. The van der Waals surface area contributed by atoms with Crippen LogP contribution in [0, 0.1) is 11.7 Å². The van der Waals surface area contributed by atoms with Crippen molar-refractivity contribution in [1.29, 1.82) is 0 Å². The number of carbonyl (C=O) groups is 1. The van der Waals surface area contributed by atoms with Crippen molar-refractivity contribution in [2.75, 3.05) is 6.54 Å². The van der Waals surface area contributed by atoms with Crippen LogP contribution in [0.5, 0.6) is 0 Å². The van der Waals surface area contributed by atoms with Crippen LogP contribution in [0.15, 0.2) is 48.5 Å². The van der Waals surface area contributed by atoms with E-state index in [1.807, 2.05) is 45.9 Å². The molecule has 2 aromatic rings. The molecular weight excluding hydrogens is 485 g/mol. The molecule has 6 nitrogen and oxygen atoms in total. The third-order valence-electron chi connectivity index (χ3n) is 6.55. The molecule has 4 atom stereocenters. The van der Waals surface area contributed by atoms with Gasteiger partial charge in [-0.1, -0.05) is 55.8 Å². The standard InChI is InChI=1S/C28H35ClFNO5/c1-18(2)15-31-26(32)28(34-16-19-8-7-10-21(29)12-19)13-23(25-24(14-28)35-27(3,4)36-25)33-17-20-9-5-6-11-22(20)30/h5-12,18,23-25H,13-17H2,1-4H3,(H,31,32)/t23-,24+,25-,28+/m0/s1. The first kappa shape index (κ1) is 27.0. The zero-order chi connectivity index (χ0) is 25.9. The normalized spacial score (nSPS) is 27.1. The highest BCUT2D eigenvalue weighted by atomic mass is 35.5. The minimum Gasteiger partial charge on any atom is -0.370 e. The first-order valence-electron chi connectivity index (χ1n) is 12.4. The summed E-state index contributed by atoms with van der Waals surface area (Å²) in [5, 5.41) is 3.64. The van der Waals surface area contributed by atoms with E-state index in [0.29, 0.717) is 23.6 Å². The van der Waals surface area contributed by atoms with Gasteiger partial charge in [0.25, 0.3) is 5.91 Å². The second-order valence-electron chi connectivity index (χ2n) is 10.5. The van der Waals surface area contributed by atoms with E-state index in [2.05, 4.69) is 5.32 Å². The SMILES string of the molecule is CC(C)CNC(=O)[C@@]1(OCc2cccc(Cl)c2)C[C@H](OCc2ccccc2F)[C@@H]2OC(C)(C)O[C@@H]2C1. The van der Waals surface area contributed by atoms with Gasteiger partial charge in [0, 0.05) is 30.0 Å². The summed E-state index contributed by atoms with van der Waals surface area (Å²) in [6.45, 7) is 8.50. The van der Waals surface area contributed by atoms with Gasteiger partial charge in [0.05, 0.1) is 25.4 Å². The molecule has 2 aliphatic rings. The van der Waals surface area contributed by atoms with Gasteiger partial charge in [0.15, 0.2) is 11.4 Å². The Bertz CT molecular complexity index is 1060. The van der Waals surface area contributed by atoms with Gasteiger partial charge in [-0.25, -0.2) is 4.39 Å². The topological polar surface area (TPSA) is 66.0 Å². The Morgan fingerprint density at radius 2 is 1.92 bits per heavy atom. The molecule has 2 fully saturated rings. The zero-order valence-corrected chi connectivity index (χ0v) is 22.0. The van der Waals surface area contributed by atoms with E-state index in [4.69, 9.17) is 30.5 Å². The van der Waals surface area contributed by atoms with Crippen LogP contribution >= 0.6 is 11.6 Å². The average Bonchev–Trinajstić information content (AvgIpc) is 3.14. The van der Waals surface area contributed by atoms with Crippen molar-refractivity contribution in [3.63, 3.8) is 0 Å². The van der Waals surface area contributed by atoms with E-state index in [1.54, 1.807) is 24.3 Å². The van der Waals surface area contributed by atoms with Crippen LogP contribution in [0.1, 0.15) is 51.7 Å². The predicted molar refractivity (Wildman–Crippen MR) is 135 cm³/mol. The van der Waals surface area contributed by atoms with Crippen molar-refractivity contribution in [2.24, 2.45) is 5.92 Å². The molecule has 4 rings (SSSR count). The third kappa shape index (κ3) is 6.45. The van der Waals surface area contributed by atoms with Crippen molar-refractivity contribution in [3.8, 4) is 0 Å².